The molecule has 2 rings (SSSR count). The highest BCUT2D eigenvalue weighted by Crippen LogP contribution is 2.11. The van der Waals surface area contributed by atoms with Gasteiger partial charge in [0.25, 0.3) is 0 Å². The molecule has 0 aliphatic carbocycles. The van der Waals surface area contributed by atoms with Gasteiger partial charge in [-0.05, 0) is 36.1 Å². The van der Waals surface area contributed by atoms with Gasteiger partial charge < -0.3 is 0 Å². The second-order valence-electron chi connectivity index (χ2n) is 4.47. The van der Waals surface area contributed by atoms with Gasteiger partial charge in [-0.2, -0.15) is 0 Å². The fourth-order valence-electron chi connectivity index (χ4n) is 1.77. The highest BCUT2D eigenvalue weighted by Gasteiger charge is 1.91. The van der Waals surface area contributed by atoms with E-state index >= 15 is 0 Å². The molecule has 0 fully saturated rings. The number of hydrogen-bond acceptors (Lipinski definition) is 0. The molecule has 0 heteroatoms. The molecule has 0 spiro atoms. The van der Waals surface area contributed by atoms with E-state index in [0.29, 0.717) is 0 Å². The summed E-state index contributed by atoms with van der Waals surface area (Å²) in [5.74, 6) is 0. The molecule has 18 heavy (non-hydrogen) atoms. The van der Waals surface area contributed by atoms with Crippen molar-refractivity contribution in [3.63, 3.8) is 0 Å². The monoisotopic (exact) mass is 234 g/mol. The average Bonchev–Trinajstić information content (AvgIpc) is 2.40. The Labute approximate surface area is 109 Å². The SMILES string of the molecule is Cc1ccc(C=C/C=C/c2ccccc2)cc1C. The zero-order chi connectivity index (χ0) is 12.8. The Morgan fingerprint density at radius 1 is 0.667 bits per heavy atom. The first kappa shape index (κ1) is 12.4. The average molecular weight is 234 g/mol. The molecule has 0 bridgehead atoms. The summed E-state index contributed by atoms with van der Waals surface area (Å²) in [5.41, 5.74) is 5.15. The quantitative estimate of drug-likeness (QED) is 0.653. The van der Waals surface area contributed by atoms with Crippen LogP contribution in [0.5, 0.6) is 0 Å². The third-order valence-corrected chi connectivity index (χ3v) is 3.02. The molecule has 2 aromatic carbocycles. The van der Waals surface area contributed by atoms with E-state index in [4.69, 9.17) is 0 Å². The van der Waals surface area contributed by atoms with E-state index in [0.717, 1.165) is 0 Å². The van der Waals surface area contributed by atoms with Crippen LogP contribution in [0.2, 0.25) is 0 Å². The van der Waals surface area contributed by atoms with Gasteiger partial charge in [0.15, 0.2) is 0 Å². The van der Waals surface area contributed by atoms with Crippen LogP contribution in [0.4, 0.5) is 0 Å². The molecule has 0 saturated heterocycles. The van der Waals surface area contributed by atoms with Gasteiger partial charge in [0.05, 0.1) is 0 Å². The standard InChI is InChI=1S/C18H18/c1-15-12-13-18(14-16(15)2)11-7-6-10-17-8-4-3-5-9-17/h3-14H,1-2H3/b10-6+,11-7?. The Hall–Kier alpha value is -2.08. The molecule has 0 saturated carbocycles. The molecule has 0 nitrogen and oxygen atoms in total. The third-order valence-electron chi connectivity index (χ3n) is 3.02. The first-order valence-corrected chi connectivity index (χ1v) is 6.23. The zero-order valence-electron chi connectivity index (χ0n) is 10.9. The summed E-state index contributed by atoms with van der Waals surface area (Å²) in [5, 5.41) is 0. The van der Waals surface area contributed by atoms with Crippen molar-refractivity contribution in [2.24, 2.45) is 0 Å². The van der Waals surface area contributed by atoms with E-state index < -0.39 is 0 Å². The minimum Gasteiger partial charge on any atom is -0.0622 e. The largest absolute Gasteiger partial charge is 0.0622 e. The van der Waals surface area contributed by atoms with Crippen molar-refractivity contribution in [1.82, 2.24) is 0 Å². The first-order chi connectivity index (χ1) is 8.75. The molecule has 0 unspecified atom stereocenters. The Kier molecular flexibility index (Phi) is 4.14. The fraction of sp³-hybridized carbons (Fsp3) is 0.111. The molecule has 0 aliphatic heterocycles. The molecule has 0 atom stereocenters. The van der Waals surface area contributed by atoms with Crippen LogP contribution >= 0.6 is 0 Å². The van der Waals surface area contributed by atoms with Gasteiger partial charge in [0, 0.05) is 0 Å². The number of allylic oxidation sites excluding steroid dienone is 2. The molecule has 0 aromatic heterocycles. The second-order valence-corrected chi connectivity index (χ2v) is 4.47. The maximum absolute atomic E-state index is 2.21. The van der Waals surface area contributed by atoms with Crippen molar-refractivity contribution in [2.45, 2.75) is 13.8 Å². The summed E-state index contributed by atoms with van der Waals surface area (Å²) in [6.45, 7) is 4.28. The van der Waals surface area contributed by atoms with Crippen LogP contribution in [0.3, 0.4) is 0 Å². The van der Waals surface area contributed by atoms with Crippen molar-refractivity contribution in [1.29, 1.82) is 0 Å². The van der Waals surface area contributed by atoms with E-state index in [-0.39, 0.29) is 0 Å². The molecule has 0 N–H and O–H groups in total. The zero-order valence-corrected chi connectivity index (χ0v) is 10.9. The smallest absolute Gasteiger partial charge is 0.0254 e. The van der Waals surface area contributed by atoms with Gasteiger partial charge in [-0.3, -0.25) is 0 Å². The maximum atomic E-state index is 2.21. The van der Waals surface area contributed by atoms with Crippen LogP contribution < -0.4 is 0 Å². The highest BCUT2D eigenvalue weighted by atomic mass is 14.0. The minimum atomic E-state index is 1.22. The van der Waals surface area contributed by atoms with Crippen molar-refractivity contribution < 1.29 is 0 Å². The van der Waals surface area contributed by atoms with Crippen LogP contribution in [0, 0.1) is 13.8 Å². The summed E-state index contributed by atoms with van der Waals surface area (Å²) < 4.78 is 0. The maximum Gasteiger partial charge on any atom is -0.0254 e. The van der Waals surface area contributed by atoms with Crippen LogP contribution in [-0.4, -0.2) is 0 Å². The number of benzene rings is 2. The molecule has 0 aliphatic rings. The van der Waals surface area contributed by atoms with Gasteiger partial charge in [0.1, 0.15) is 0 Å². The van der Waals surface area contributed by atoms with Gasteiger partial charge in [-0.15, -0.1) is 0 Å². The predicted molar refractivity (Wildman–Crippen MR) is 80.4 cm³/mol. The second kappa shape index (κ2) is 6.02. The van der Waals surface area contributed by atoms with Crippen molar-refractivity contribution >= 4 is 12.2 Å². The van der Waals surface area contributed by atoms with Gasteiger partial charge in [0.2, 0.25) is 0 Å². The predicted octanol–water partition coefficient (Wildman–Crippen LogP) is 5.03. The molecule has 0 heterocycles. The van der Waals surface area contributed by atoms with Gasteiger partial charge in [-0.25, -0.2) is 0 Å². The molecule has 0 amide bonds. The summed E-state index contributed by atoms with van der Waals surface area (Å²) in [6.07, 6.45) is 8.39. The van der Waals surface area contributed by atoms with Crippen molar-refractivity contribution in [2.75, 3.05) is 0 Å². The van der Waals surface area contributed by atoms with E-state index in [2.05, 4.69) is 68.5 Å². The minimum absolute atomic E-state index is 1.22. The highest BCUT2D eigenvalue weighted by molar-refractivity contribution is 5.57. The van der Waals surface area contributed by atoms with Gasteiger partial charge in [-0.1, -0.05) is 72.8 Å². The van der Waals surface area contributed by atoms with E-state index in [9.17, 15) is 0 Å². The summed E-state index contributed by atoms with van der Waals surface area (Å²) in [6, 6.07) is 16.8. The third kappa shape index (κ3) is 3.46. The van der Waals surface area contributed by atoms with E-state index in [1.54, 1.807) is 0 Å². The molecule has 90 valence electrons. The topological polar surface area (TPSA) is 0 Å². The van der Waals surface area contributed by atoms with E-state index in [1.165, 1.54) is 22.3 Å². The Balaban J connectivity index is 2.03. The lowest BCUT2D eigenvalue weighted by Crippen LogP contribution is -1.80. The summed E-state index contributed by atoms with van der Waals surface area (Å²) in [7, 11) is 0. The van der Waals surface area contributed by atoms with Crippen LogP contribution in [0.15, 0.2) is 60.7 Å². The van der Waals surface area contributed by atoms with Crippen molar-refractivity contribution in [3.8, 4) is 0 Å². The number of hydrogen-bond donors (Lipinski definition) is 0. The van der Waals surface area contributed by atoms with Crippen molar-refractivity contribution in [3.05, 3.63) is 82.9 Å². The normalized spacial score (nSPS) is 11.4. The Morgan fingerprint density at radius 3 is 2.00 bits per heavy atom. The molecule has 0 radical (unpaired) electrons. The Morgan fingerprint density at radius 2 is 1.33 bits per heavy atom. The van der Waals surface area contributed by atoms with E-state index in [1.807, 2.05) is 18.2 Å². The number of rotatable bonds is 3. The first-order valence-electron chi connectivity index (χ1n) is 6.23. The van der Waals surface area contributed by atoms with Gasteiger partial charge >= 0.3 is 0 Å². The molecule has 2 aromatic rings. The Bertz CT molecular complexity index is 560. The lowest BCUT2D eigenvalue weighted by atomic mass is 10.1. The number of aryl methyl sites for hydroxylation is 2. The summed E-state index contributed by atoms with van der Waals surface area (Å²) >= 11 is 0. The van der Waals surface area contributed by atoms with Crippen LogP contribution in [-0.2, 0) is 0 Å². The van der Waals surface area contributed by atoms with Crippen LogP contribution in [0.1, 0.15) is 22.3 Å². The lowest BCUT2D eigenvalue weighted by Gasteiger charge is -2.00. The fourth-order valence-corrected chi connectivity index (χ4v) is 1.77. The molecular formula is C18H18. The van der Waals surface area contributed by atoms with Crippen LogP contribution in [0.25, 0.3) is 12.2 Å². The summed E-state index contributed by atoms with van der Waals surface area (Å²) in [4.78, 5) is 0. The molecular weight excluding hydrogens is 216 g/mol. The lowest BCUT2D eigenvalue weighted by molar-refractivity contribution is 1.33.